The van der Waals surface area contributed by atoms with Gasteiger partial charge < -0.3 is 15.0 Å². The van der Waals surface area contributed by atoms with Crippen LogP contribution in [0.4, 0.5) is 8.78 Å². The van der Waals surface area contributed by atoms with Crippen LogP contribution in [0.2, 0.25) is 0 Å². The first-order valence-corrected chi connectivity index (χ1v) is 9.03. The summed E-state index contributed by atoms with van der Waals surface area (Å²) in [4.78, 5) is 18.4. The van der Waals surface area contributed by atoms with Gasteiger partial charge in [-0.25, -0.2) is 8.78 Å². The van der Waals surface area contributed by atoms with Gasteiger partial charge in [-0.1, -0.05) is 13.0 Å². The zero-order valence-corrected chi connectivity index (χ0v) is 15.3. The Bertz CT molecular complexity index is 690. The van der Waals surface area contributed by atoms with E-state index in [1.165, 1.54) is 25.3 Å². The second-order valence-corrected chi connectivity index (χ2v) is 7.04. The van der Waals surface area contributed by atoms with Crippen molar-refractivity contribution < 1.29 is 18.3 Å². The van der Waals surface area contributed by atoms with Gasteiger partial charge >= 0.3 is 5.97 Å². The Hall–Kier alpha value is -2.18. The van der Waals surface area contributed by atoms with Gasteiger partial charge in [0.15, 0.2) is 5.96 Å². The van der Waals surface area contributed by atoms with E-state index in [-0.39, 0.29) is 35.3 Å². The molecule has 4 atom stereocenters. The summed E-state index contributed by atoms with van der Waals surface area (Å²) in [6.45, 7) is 5.75. The number of ether oxygens (including phenoxy) is 1. The molecule has 7 heteroatoms. The van der Waals surface area contributed by atoms with Gasteiger partial charge in [0, 0.05) is 37.2 Å². The van der Waals surface area contributed by atoms with Crippen LogP contribution in [0.1, 0.15) is 31.7 Å². The summed E-state index contributed by atoms with van der Waals surface area (Å²) in [5.74, 6) is -0.769. The van der Waals surface area contributed by atoms with Crippen LogP contribution in [0.15, 0.2) is 23.2 Å². The van der Waals surface area contributed by atoms with Gasteiger partial charge in [-0.2, -0.15) is 0 Å². The molecule has 0 aromatic heterocycles. The predicted octanol–water partition coefficient (Wildman–Crippen LogP) is 2.53. The lowest BCUT2D eigenvalue weighted by Gasteiger charge is -2.22. The molecule has 0 radical (unpaired) electrons. The number of carbonyl (C=O) groups is 1. The number of esters is 1. The number of rotatable bonds is 4. The minimum atomic E-state index is -0.506. The SMILES string of the molecule is CCN=C(NC1CC1c1c(F)cccc1F)N1CC(C)C(C(=O)OC)C1. The average molecular weight is 365 g/mol. The zero-order chi connectivity index (χ0) is 18.8. The van der Waals surface area contributed by atoms with Crippen LogP contribution in [0.25, 0.3) is 0 Å². The molecule has 0 amide bonds. The van der Waals surface area contributed by atoms with Gasteiger partial charge in [0.25, 0.3) is 0 Å². The van der Waals surface area contributed by atoms with Crippen molar-refractivity contribution in [2.24, 2.45) is 16.8 Å². The molecule has 3 rings (SSSR count). The highest BCUT2D eigenvalue weighted by atomic mass is 19.1. The number of hydrogen-bond acceptors (Lipinski definition) is 3. The number of nitrogens with zero attached hydrogens (tertiary/aromatic N) is 2. The first kappa shape index (κ1) is 18.6. The number of guanidine groups is 1. The van der Waals surface area contributed by atoms with E-state index in [9.17, 15) is 13.6 Å². The second kappa shape index (κ2) is 7.60. The molecule has 4 unspecified atom stereocenters. The van der Waals surface area contributed by atoms with Gasteiger partial charge in [0.1, 0.15) is 11.6 Å². The Morgan fingerprint density at radius 3 is 2.65 bits per heavy atom. The van der Waals surface area contributed by atoms with Crippen molar-refractivity contribution in [2.45, 2.75) is 32.2 Å². The molecule has 1 saturated carbocycles. The summed E-state index contributed by atoms with van der Waals surface area (Å²) >= 11 is 0. The van der Waals surface area contributed by atoms with Crippen LogP contribution in [0.3, 0.4) is 0 Å². The Labute approximate surface area is 152 Å². The summed E-state index contributed by atoms with van der Waals surface area (Å²) in [5.41, 5.74) is 0.142. The lowest BCUT2D eigenvalue weighted by molar-refractivity contribution is -0.145. The maximum atomic E-state index is 14.0. The van der Waals surface area contributed by atoms with Crippen LogP contribution in [0.5, 0.6) is 0 Å². The van der Waals surface area contributed by atoms with Crippen molar-refractivity contribution >= 4 is 11.9 Å². The van der Waals surface area contributed by atoms with E-state index < -0.39 is 11.6 Å². The van der Waals surface area contributed by atoms with Crippen molar-refractivity contribution in [3.05, 3.63) is 35.4 Å². The molecule has 1 aliphatic heterocycles. The molecule has 5 nitrogen and oxygen atoms in total. The van der Waals surface area contributed by atoms with E-state index in [1.54, 1.807) is 0 Å². The Kier molecular flexibility index (Phi) is 5.44. The summed E-state index contributed by atoms with van der Waals surface area (Å²) in [5, 5.41) is 3.33. The molecule has 0 bridgehead atoms. The highest BCUT2D eigenvalue weighted by Gasteiger charge is 2.44. The quantitative estimate of drug-likeness (QED) is 0.506. The normalized spacial score (nSPS) is 28.2. The van der Waals surface area contributed by atoms with Gasteiger partial charge in [-0.05, 0) is 31.4 Å². The molecular weight excluding hydrogens is 340 g/mol. The molecular formula is C19H25F2N3O2. The van der Waals surface area contributed by atoms with E-state index in [0.29, 0.717) is 32.0 Å². The maximum Gasteiger partial charge on any atom is 0.310 e. The summed E-state index contributed by atoms with van der Waals surface area (Å²) < 4.78 is 32.8. The van der Waals surface area contributed by atoms with Crippen molar-refractivity contribution in [2.75, 3.05) is 26.7 Å². The highest BCUT2D eigenvalue weighted by Crippen LogP contribution is 2.43. The maximum absolute atomic E-state index is 14.0. The molecule has 1 aromatic carbocycles. The van der Waals surface area contributed by atoms with Crippen LogP contribution in [0, 0.1) is 23.5 Å². The van der Waals surface area contributed by atoms with Crippen LogP contribution >= 0.6 is 0 Å². The number of halogens is 2. The molecule has 1 aliphatic carbocycles. The smallest absolute Gasteiger partial charge is 0.310 e. The molecule has 0 spiro atoms. The number of nitrogens with one attached hydrogen (secondary N) is 1. The van der Waals surface area contributed by atoms with E-state index in [1.807, 2.05) is 18.7 Å². The third-order valence-electron chi connectivity index (χ3n) is 5.20. The monoisotopic (exact) mass is 365 g/mol. The zero-order valence-electron chi connectivity index (χ0n) is 15.3. The number of carbonyl (C=O) groups excluding carboxylic acids is 1. The number of benzene rings is 1. The van der Waals surface area contributed by atoms with Gasteiger partial charge in [0.05, 0.1) is 13.0 Å². The van der Waals surface area contributed by atoms with Gasteiger partial charge in [0.2, 0.25) is 0 Å². The van der Waals surface area contributed by atoms with E-state index >= 15 is 0 Å². The fourth-order valence-electron chi connectivity index (χ4n) is 3.69. The molecule has 1 saturated heterocycles. The molecule has 2 aliphatic rings. The first-order valence-electron chi connectivity index (χ1n) is 9.03. The molecule has 142 valence electrons. The van der Waals surface area contributed by atoms with Crippen LogP contribution in [-0.2, 0) is 9.53 Å². The average Bonchev–Trinajstić information content (AvgIpc) is 3.24. The highest BCUT2D eigenvalue weighted by molar-refractivity contribution is 5.83. The number of likely N-dealkylation sites (tertiary alicyclic amines) is 1. The predicted molar refractivity (Wildman–Crippen MR) is 94.9 cm³/mol. The minimum Gasteiger partial charge on any atom is -0.469 e. The second-order valence-electron chi connectivity index (χ2n) is 7.04. The molecule has 1 aromatic rings. The third kappa shape index (κ3) is 3.66. The van der Waals surface area contributed by atoms with Crippen molar-refractivity contribution in [1.82, 2.24) is 10.2 Å². The van der Waals surface area contributed by atoms with Gasteiger partial charge in [-0.3, -0.25) is 9.79 Å². The first-order chi connectivity index (χ1) is 12.5. The number of aliphatic imine (C=N–C) groups is 1. The van der Waals surface area contributed by atoms with Crippen molar-refractivity contribution in [3.63, 3.8) is 0 Å². The minimum absolute atomic E-state index is 0.0563. The lowest BCUT2D eigenvalue weighted by atomic mass is 9.99. The summed E-state index contributed by atoms with van der Waals surface area (Å²) in [6, 6.07) is 3.90. The topological polar surface area (TPSA) is 53.9 Å². The fourth-order valence-corrected chi connectivity index (χ4v) is 3.69. The Balaban J connectivity index is 1.68. The Morgan fingerprint density at radius 1 is 1.35 bits per heavy atom. The van der Waals surface area contributed by atoms with Crippen LogP contribution < -0.4 is 5.32 Å². The lowest BCUT2D eigenvalue weighted by Crippen LogP contribution is -2.42. The standard InChI is InChI=1S/C19H25F2N3O2/c1-4-22-19(24-9-11(2)13(10-24)18(25)26-3)23-16-8-12(16)17-14(20)6-5-7-15(17)21/h5-7,11-13,16H,4,8-10H2,1-3H3,(H,22,23). The van der Waals surface area contributed by atoms with Crippen molar-refractivity contribution in [1.29, 1.82) is 0 Å². The van der Waals surface area contributed by atoms with Crippen molar-refractivity contribution in [3.8, 4) is 0 Å². The Morgan fingerprint density at radius 2 is 2.04 bits per heavy atom. The van der Waals surface area contributed by atoms with Gasteiger partial charge in [-0.15, -0.1) is 0 Å². The molecule has 2 fully saturated rings. The number of hydrogen-bond donors (Lipinski definition) is 1. The molecule has 1 heterocycles. The third-order valence-corrected chi connectivity index (χ3v) is 5.20. The summed E-state index contributed by atoms with van der Waals surface area (Å²) in [6.07, 6.45) is 0.657. The van der Waals surface area contributed by atoms with E-state index in [0.717, 1.165) is 0 Å². The molecule has 1 N–H and O–H groups in total. The fraction of sp³-hybridized carbons (Fsp3) is 0.579. The summed E-state index contributed by atoms with van der Waals surface area (Å²) in [7, 11) is 1.40. The van der Waals surface area contributed by atoms with Crippen LogP contribution in [-0.4, -0.2) is 49.6 Å². The largest absolute Gasteiger partial charge is 0.469 e. The molecule has 26 heavy (non-hydrogen) atoms. The van der Waals surface area contributed by atoms with E-state index in [4.69, 9.17) is 4.74 Å². The van der Waals surface area contributed by atoms with E-state index in [2.05, 4.69) is 10.3 Å². The number of methoxy groups -OCH3 is 1.